The molecule has 0 radical (unpaired) electrons. The molecule has 0 aromatic heterocycles. The number of carbonyl (C=O) groups excluding carboxylic acids is 5. The van der Waals surface area contributed by atoms with E-state index in [4.69, 9.17) is 14.2 Å². The largest absolute Gasteiger partial charge is 0.456 e. The number of alkyl halides is 2. The van der Waals surface area contributed by atoms with Gasteiger partial charge >= 0.3 is 24.8 Å². The average Bonchev–Trinajstić information content (AvgIpc) is 3.65. The van der Waals surface area contributed by atoms with Crippen LogP contribution in [0.15, 0.2) is 59.1 Å². The van der Waals surface area contributed by atoms with E-state index in [-0.39, 0.29) is 43.3 Å². The maximum atomic E-state index is 14.6. The Morgan fingerprint density at radius 3 is 2.12 bits per heavy atom. The number of aliphatic hydroxyl groups is 1. The Morgan fingerprint density at radius 1 is 0.983 bits per heavy atom. The van der Waals surface area contributed by atoms with Crippen molar-refractivity contribution in [2.75, 3.05) is 6.54 Å². The molecule has 0 spiro atoms. The van der Waals surface area contributed by atoms with E-state index in [1.165, 1.54) is 77.0 Å². The third kappa shape index (κ3) is 10.5. The quantitative estimate of drug-likeness (QED) is 0.0813. The number of rotatable bonds is 12. The fraction of sp³-hybridized carbons (Fsp3) is 0.525. The van der Waals surface area contributed by atoms with Crippen LogP contribution in [0.2, 0.25) is 0 Å². The summed E-state index contributed by atoms with van der Waals surface area (Å²) in [6.07, 6.45) is -2.94. The Labute approximate surface area is 343 Å². The summed E-state index contributed by atoms with van der Waals surface area (Å²) in [4.78, 5) is 83.6. The highest BCUT2D eigenvalue weighted by atomic mass is 32.2. The van der Waals surface area contributed by atoms with Crippen LogP contribution in [-0.2, 0) is 41.7 Å². The number of halogens is 2. The van der Waals surface area contributed by atoms with E-state index < -0.39 is 88.0 Å². The summed E-state index contributed by atoms with van der Waals surface area (Å²) in [7, 11) is 0. The molecule has 3 aliphatic rings. The normalized spacial score (nSPS) is 22.1. The molecule has 59 heavy (non-hydrogen) atoms. The highest BCUT2D eigenvalue weighted by Gasteiger charge is 2.61. The topological polar surface area (TPSA) is 195 Å². The van der Waals surface area contributed by atoms with Gasteiger partial charge in [-0.25, -0.2) is 19.3 Å². The van der Waals surface area contributed by atoms with Crippen molar-refractivity contribution in [1.82, 2.24) is 14.7 Å². The lowest BCUT2D eigenvalue weighted by molar-refractivity contribution is -0.384. The third-order valence-electron chi connectivity index (χ3n) is 9.66. The summed E-state index contributed by atoms with van der Waals surface area (Å²) < 4.78 is 46.9. The number of fused-ring (bicyclic) bond motifs is 1. The molecular weight excluding hydrogens is 799 g/mol. The van der Waals surface area contributed by atoms with E-state index >= 15 is 0 Å². The van der Waals surface area contributed by atoms with Crippen molar-refractivity contribution in [3.05, 3.63) is 80.4 Å². The van der Waals surface area contributed by atoms with Crippen LogP contribution in [-0.4, -0.2) is 102 Å². The van der Waals surface area contributed by atoms with Gasteiger partial charge in [-0.3, -0.25) is 24.6 Å². The Kier molecular flexibility index (Phi) is 13.3. The molecule has 2 aromatic rings. The number of ether oxygens (including phenoxy) is 4. The molecule has 2 fully saturated rings. The van der Waals surface area contributed by atoms with Crippen LogP contribution < -0.4 is 4.74 Å². The first-order chi connectivity index (χ1) is 27.5. The van der Waals surface area contributed by atoms with Gasteiger partial charge in [0.05, 0.1) is 29.5 Å². The Balaban J connectivity index is 1.47. The van der Waals surface area contributed by atoms with Gasteiger partial charge in [-0.05, 0) is 90.3 Å². The molecule has 4 amide bonds. The molecule has 320 valence electrons. The molecule has 16 nitrogen and oxygen atoms in total. The van der Waals surface area contributed by atoms with Gasteiger partial charge in [0.25, 0.3) is 11.6 Å². The first kappa shape index (κ1) is 44.8. The molecule has 3 aliphatic heterocycles. The molecule has 3 heterocycles. The number of hydrogen-bond donors (Lipinski definition) is 1. The van der Waals surface area contributed by atoms with Crippen molar-refractivity contribution >= 4 is 47.4 Å². The SMILES string of the molecule is C[C@@H](O)[C@H]1C(=O)N2C(C(=O)OCc3ccc([N+](=O)[O-])cc3)=C(S[C@H]3C[C@@H](C(=O)N(Cc4ccc(OC(F)F)cc4)C(=O)OC(C)(C)C)N(C(=O)OC(C)(C)C)C3)[C@H](C)[C@H]12. The Morgan fingerprint density at radius 2 is 1.58 bits per heavy atom. The van der Waals surface area contributed by atoms with E-state index in [0.29, 0.717) is 16.0 Å². The fourth-order valence-electron chi connectivity index (χ4n) is 7.11. The lowest BCUT2D eigenvalue weighted by Gasteiger charge is -2.46. The van der Waals surface area contributed by atoms with Gasteiger partial charge in [0.1, 0.15) is 35.3 Å². The van der Waals surface area contributed by atoms with Crippen LogP contribution in [0.4, 0.5) is 24.1 Å². The van der Waals surface area contributed by atoms with Crippen molar-refractivity contribution in [2.45, 2.75) is 116 Å². The number of β-lactam (4-membered cyclic amide) rings is 1. The molecule has 1 N–H and O–H groups in total. The zero-order chi connectivity index (χ0) is 43.7. The van der Waals surface area contributed by atoms with Crippen LogP contribution in [0, 0.1) is 22.0 Å². The van der Waals surface area contributed by atoms with Gasteiger partial charge in [-0.1, -0.05) is 19.1 Å². The average molecular weight is 847 g/mol. The predicted octanol–water partition coefficient (Wildman–Crippen LogP) is 6.38. The number of imide groups is 1. The minimum Gasteiger partial charge on any atom is -0.456 e. The van der Waals surface area contributed by atoms with Crippen molar-refractivity contribution < 1.29 is 61.7 Å². The van der Waals surface area contributed by atoms with E-state index in [0.717, 1.165) is 4.90 Å². The van der Waals surface area contributed by atoms with E-state index in [1.54, 1.807) is 48.5 Å². The first-order valence-electron chi connectivity index (χ1n) is 18.9. The molecular formula is C40H48F2N4O12S. The van der Waals surface area contributed by atoms with E-state index in [2.05, 4.69) is 4.74 Å². The number of aliphatic hydroxyl groups excluding tert-OH is 1. The summed E-state index contributed by atoms with van der Waals surface area (Å²) in [6, 6.07) is 8.87. The number of esters is 1. The van der Waals surface area contributed by atoms with Gasteiger partial charge in [-0.2, -0.15) is 8.78 Å². The summed E-state index contributed by atoms with van der Waals surface area (Å²) in [6.45, 7) is 9.29. The number of nitro benzene ring substituents is 1. The van der Waals surface area contributed by atoms with E-state index in [1.807, 2.05) is 0 Å². The van der Waals surface area contributed by atoms with E-state index in [9.17, 15) is 48.0 Å². The molecule has 2 aromatic carbocycles. The summed E-state index contributed by atoms with van der Waals surface area (Å²) in [5.74, 6) is -3.58. The van der Waals surface area contributed by atoms with Crippen molar-refractivity contribution in [1.29, 1.82) is 0 Å². The lowest BCUT2D eigenvalue weighted by atomic mass is 9.79. The smallest absolute Gasteiger partial charge is 0.417 e. The van der Waals surface area contributed by atoms with Crippen molar-refractivity contribution in [3.63, 3.8) is 0 Å². The van der Waals surface area contributed by atoms with Gasteiger partial charge in [0.15, 0.2) is 0 Å². The number of carbonyl (C=O) groups is 5. The van der Waals surface area contributed by atoms with Gasteiger partial charge in [-0.15, -0.1) is 11.8 Å². The molecule has 19 heteroatoms. The minimum atomic E-state index is -3.06. The number of benzene rings is 2. The summed E-state index contributed by atoms with van der Waals surface area (Å²) in [5, 5.41) is 21.0. The number of amides is 4. The van der Waals surface area contributed by atoms with Crippen LogP contribution >= 0.6 is 11.8 Å². The fourth-order valence-corrected chi connectivity index (χ4v) is 8.63. The molecule has 0 unspecified atom stereocenters. The van der Waals surface area contributed by atoms with Crippen molar-refractivity contribution in [3.8, 4) is 5.75 Å². The monoisotopic (exact) mass is 846 g/mol. The zero-order valence-electron chi connectivity index (χ0n) is 33.9. The lowest BCUT2D eigenvalue weighted by Crippen LogP contribution is -2.63. The zero-order valence-corrected chi connectivity index (χ0v) is 34.7. The number of hydrogen-bond acceptors (Lipinski definition) is 13. The minimum absolute atomic E-state index is 0.0387. The number of nitro groups is 1. The Bertz CT molecular complexity index is 1980. The maximum Gasteiger partial charge on any atom is 0.417 e. The first-order valence-corrected chi connectivity index (χ1v) is 19.7. The molecule has 5 rings (SSSR count). The standard InChI is InChI=1S/C40H48F2N4O12S/c1-21-30-29(22(2)47)34(49)45(30)31(35(50)55-20-24-9-13-25(14-10-24)46(53)54)32(21)59-27-17-28(43(19-27)37(51)57-39(3,4)5)33(48)44(38(52)58-40(6,7)8)18-23-11-15-26(16-12-23)56-36(41)42/h9-16,21-22,27-30,36,47H,17-20H2,1-8H3/t21-,22-,27+,28+,29-,30-/m1/s1. The second-order valence-corrected chi connectivity index (χ2v) is 17.9. The third-order valence-corrected chi connectivity index (χ3v) is 11.2. The number of thioether (sulfide) groups is 1. The number of non-ortho nitro benzene ring substituents is 1. The highest BCUT2D eigenvalue weighted by Crippen LogP contribution is 2.52. The van der Waals surface area contributed by atoms with Crippen LogP contribution in [0.1, 0.15) is 72.9 Å². The van der Waals surface area contributed by atoms with Crippen LogP contribution in [0.5, 0.6) is 5.75 Å². The number of likely N-dealkylation sites (tertiary alicyclic amines) is 1. The Hall–Kier alpha value is -5.30. The molecule has 0 bridgehead atoms. The van der Waals surface area contributed by atoms with Gasteiger partial charge in [0, 0.05) is 34.8 Å². The molecule has 0 saturated carbocycles. The summed E-state index contributed by atoms with van der Waals surface area (Å²) >= 11 is 1.17. The van der Waals surface area contributed by atoms with Crippen LogP contribution in [0.25, 0.3) is 0 Å². The highest BCUT2D eigenvalue weighted by molar-refractivity contribution is 8.03. The maximum absolute atomic E-state index is 14.6. The summed E-state index contributed by atoms with van der Waals surface area (Å²) in [5.41, 5.74) is -1.39. The molecule has 2 saturated heterocycles. The van der Waals surface area contributed by atoms with Crippen LogP contribution in [0.3, 0.4) is 0 Å². The molecule has 0 aliphatic carbocycles. The van der Waals surface area contributed by atoms with Crippen molar-refractivity contribution in [2.24, 2.45) is 11.8 Å². The predicted molar refractivity (Wildman–Crippen MR) is 207 cm³/mol. The second-order valence-electron chi connectivity index (χ2n) is 16.5. The molecule has 6 atom stereocenters. The van der Waals surface area contributed by atoms with Gasteiger partial charge in [0.2, 0.25) is 5.91 Å². The number of nitrogens with zero attached hydrogens (tertiary/aromatic N) is 4. The van der Waals surface area contributed by atoms with Gasteiger partial charge < -0.3 is 29.0 Å². The second kappa shape index (κ2) is 17.5.